The van der Waals surface area contributed by atoms with Gasteiger partial charge in [-0.25, -0.2) is 0 Å². The number of fused-ring (bicyclic) bond motifs is 4. The van der Waals surface area contributed by atoms with Gasteiger partial charge in [0.1, 0.15) is 5.78 Å². The Kier molecular flexibility index (Phi) is 6.90. The summed E-state index contributed by atoms with van der Waals surface area (Å²) in [4.78, 5) is 26.0. The third kappa shape index (κ3) is 3.94. The van der Waals surface area contributed by atoms with Gasteiger partial charge in [0.15, 0.2) is 0 Å². The monoisotopic (exact) mass is 502 g/mol. The first kappa shape index (κ1) is 27.8. The maximum absolute atomic E-state index is 13.1. The number of esters is 1. The summed E-state index contributed by atoms with van der Waals surface area (Å²) in [6, 6.07) is 0. The minimum absolute atomic E-state index is 0.0203. The topological polar surface area (TPSA) is 83.8 Å². The van der Waals surface area contributed by atoms with Crippen LogP contribution in [-0.2, 0) is 14.3 Å². The molecule has 0 aromatic carbocycles. The van der Waals surface area contributed by atoms with Gasteiger partial charge in [-0.15, -0.1) is 0 Å². The minimum Gasteiger partial charge on any atom is -0.469 e. The van der Waals surface area contributed by atoms with Gasteiger partial charge in [-0.2, -0.15) is 0 Å². The average Bonchev–Trinajstić information content (AvgIpc) is 3.07. The van der Waals surface area contributed by atoms with Gasteiger partial charge in [0.05, 0.1) is 24.7 Å². The second kappa shape index (κ2) is 8.93. The number of Topliss-reactive ketones (excluding diaryl/α,β-unsaturated/α-hetero) is 1. The third-order valence-corrected chi connectivity index (χ3v) is 12.1. The molecule has 0 amide bonds. The van der Waals surface area contributed by atoms with Crippen molar-refractivity contribution in [2.24, 2.45) is 39.4 Å². The molecule has 2 saturated carbocycles. The van der Waals surface area contributed by atoms with E-state index in [9.17, 15) is 19.8 Å². The summed E-state index contributed by atoms with van der Waals surface area (Å²) in [5.41, 5.74) is 1.91. The Balaban J connectivity index is 1.67. The summed E-state index contributed by atoms with van der Waals surface area (Å²) >= 11 is 0. The van der Waals surface area contributed by atoms with E-state index >= 15 is 0 Å². The molecule has 4 aliphatic carbocycles. The van der Waals surface area contributed by atoms with Crippen LogP contribution in [0.3, 0.4) is 0 Å². The lowest BCUT2D eigenvalue weighted by Gasteiger charge is -2.60. The van der Waals surface area contributed by atoms with Crippen LogP contribution in [0, 0.1) is 39.4 Å². The molecule has 0 spiro atoms. The Hall–Kier alpha value is -1.20. The molecule has 0 aromatic rings. The van der Waals surface area contributed by atoms with E-state index in [0.717, 1.165) is 44.9 Å². The predicted octanol–water partition coefficient (Wildman–Crippen LogP) is 6.01. The quantitative estimate of drug-likeness (QED) is 0.343. The van der Waals surface area contributed by atoms with Crippen molar-refractivity contribution >= 4 is 11.8 Å². The van der Waals surface area contributed by atoms with Crippen molar-refractivity contribution in [2.75, 3.05) is 7.11 Å². The lowest BCUT2D eigenvalue weighted by Crippen LogP contribution is -2.54. The number of ether oxygens (including phenoxy) is 1. The number of carbonyl (C=O) groups excluding carboxylic acids is 2. The van der Waals surface area contributed by atoms with Crippen LogP contribution in [0.2, 0.25) is 0 Å². The predicted molar refractivity (Wildman–Crippen MR) is 141 cm³/mol. The van der Waals surface area contributed by atoms with E-state index in [-0.39, 0.29) is 39.5 Å². The molecule has 0 radical (unpaired) electrons. The second-order valence-corrected chi connectivity index (χ2v) is 14.4. The van der Waals surface area contributed by atoms with E-state index in [1.165, 1.54) is 7.11 Å². The minimum atomic E-state index is -1.19. The molecule has 7 atom stereocenters. The van der Waals surface area contributed by atoms with E-state index < -0.39 is 11.7 Å². The van der Waals surface area contributed by atoms with E-state index in [1.54, 1.807) is 25.0 Å². The molecule has 0 aromatic heterocycles. The first-order valence-corrected chi connectivity index (χ1v) is 14.3. The number of rotatable bonds is 6. The lowest BCUT2D eigenvalue weighted by atomic mass is 9.43. The van der Waals surface area contributed by atoms with Crippen molar-refractivity contribution in [3.8, 4) is 0 Å². The summed E-state index contributed by atoms with van der Waals surface area (Å²) in [7, 11) is 1.47. The van der Waals surface area contributed by atoms with E-state index in [2.05, 4.69) is 34.6 Å². The number of aliphatic hydroxyl groups excluding tert-OH is 1. The number of carbonyl (C=O) groups is 2. The highest BCUT2D eigenvalue weighted by Gasteiger charge is 2.64. The zero-order chi connectivity index (χ0) is 26.9. The average molecular weight is 503 g/mol. The maximum Gasteiger partial charge on any atom is 0.308 e. The highest BCUT2D eigenvalue weighted by molar-refractivity contribution is 5.85. The van der Waals surface area contributed by atoms with Crippen LogP contribution in [0.4, 0.5) is 0 Å². The van der Waals surface area contributed by atoms with Gasteiger partial charge >= 0.3 is 5.97 Å². The first-order valence-electron chi connectivity index (χ1n) is 14.3. The normalized spacial score (nSPS) is 39.7. The first-order chi connectivity index (χ1) is 16.5. The van der Waals surface area contributed by atoms with Crippen molar-refractivity contribution < 1.29 is 24.5 Å². The van der Waals surface area contributed by atoms with Crippen LogP contribution >= 0.6 is 0 Å². The molecule has 0 heterocycles. The van der Waals surface area contributed by atoms with Gasteiger partial charge in [0, 0.05) is 11.8 Å². The van der Waals surface area contributed by atoms with Gasteiger partial charge in [-0.1, -0.05) is 45.8 Å². The Morgan fingerprint density at radius 3 is 2.28 bits per heavy atom. The fourth-order valence-corrected chi connectivity index (χ4v) is 9.50. The molecule has 5 nitrogen and oxygen atoms in total. The van der Waals surface area contributed by atoms with Crippen molar-refractivity contribution in [2.45, 2.75) is 124 Å². The molecule has 0 saturated heterocycles. The van der Waals surface area contributed by atoms with Crippen LogP contribution in [0.15, 0.2) is 11.1 Å². The largest absolute Gasteiger partial charge is 0.469 e. The Bertz CT molecular complexity index is 941. The lowest BCUT2D eigenvalue weighted by molar-refractivity contribution is -0.151. The fourth-order valence-electron chi connectivity index (χ4n) is 9.50. The standard InChI is InChI=1S/C31H50O5/c1-27(2)23-11-10-22-21(29(23,5)16-15-24(27)32)14-18-30(6)20(13-17-31(22,30)7)19(26(34)36-8)9-12-25(33)28(3,4)35/h19-20,23,25,33,35H,9-18H2,1-8H3/t19-,20-,23+,25+,29-,30-,31+/m1/s1. The Labute approximate surface area is 218 Å². The SMILES string of the molecule is COC(=O)[C@H](CC[C@H](O)C(C)(C)O)[C@H]1CC[C@@]2(C)C3=C(CC[C@]12C)[C@@]1(C)CCC(=O)C(C)(C)[C@@H]1CC3. The highest BCUT2D eigenvalue weighted by Crippen LogP contribution is 2.72. The van der Waals surface area contributed by atoms with Gasteiger partial charge in [0.25, 0.3) is 0 Å². The number of ketones is 1. The van der Waals surface area contributed by atoms with Gasteiger partial charge in [0.2, 0.25) is 0 Å². The van der Waals surface area contributed by atoms with Crippen LogP contribution in [-0.4, -0.2) is 40.8 Å². The molecular weight excluding hydrogens is 452 g/mol. The molecule has 4 aliphatic rings. The number of aliphatic hydroxyl groups is 2. The summed E-state index contributed by atoms with van der Waals surface area (Å²) in [6.45, 7) is 14.9. The molecule has 2 fully saturated rings. The molecule has 0 aliphatic heterocycles. The summed E-state index contributed by atoms with van der Waals surface area (Å²) in [6.07, 6.45) is 7.95. The molecule has 0 bridgehead atoms. The number of methoxy groups -OCH3 is 1. The molecule has 2 N–H and O–H groups in total. The van der Waals surface area contributed by atoms with E-state index in [1.807, 2.05) is 0 Å². The molecule has 4 rings (SSSR count). The van der Waals surface area contributed by atoms with E-state index in [4.69, 9.17) is 4.74 Å². The highest BCUT2D eigenvalue weighted by atomic mass is 16.5. The van der Waals surface area contributed by atoms with Crippen LogP contribution in [0.1, 0.15) is 113 Å². The zero-order valence-electron chi connectivity index (χ0n) is 24.0. The van der Waals surface area contributed by atoms with Crippen molar-refractivity contribution in [1.29, 1.82) is 0 Å². The summed E-state index contributed by atoms with van der Waals surface area (Å²) < 4.78 is 5.30. The third-order valence-electron chi connectivity index (χ3n) is 12.1. The smallest absolute Gasteiger partial charge is 0.308 e. The molecule has 5 heteroatoms. The van der Waals surface area contributed by atoms with Gasteiger partial charge in [-0.3, -0.25) is 9.59 Å². The second-order valence-electron chi connectivity index (χ2n) is 14.4. The van der Waals surface area contributed by atoms with Crippen LogP contribution < -0.4 is 0 Å². The van der Waals surface area contributed by atoms with Crippen LogP contribution in [0.25, 0.3) is 0 Å². The molecule has 36 heavy (non-hydrogen) atoms. The Morgan fingerprint density at radius 2 is 1.67 bits per heavy atom. The molecule has 0 unspecified atom stereocenters. The number of allylic oxidation sites excluding steroid dienone is 2. The van der Waals surface area contributed by atoms with E-state index in [0.29, 0.717) is 31.0 Å². The van der Waals surface area contributed by atoms with Crippen LogP contribution in [0.5, 0.6) is 0 Å². The summed E-state index contributed by atoms with van der Waals surface area (Å²) in [5, 5.41) is 20.7. The molecular formula is C31H50O5. The molecule has 204 valence electrons. The fraction of sp³-hybridized carbons (Fsp3) is 0.871. The number of hydrogen-bond donors (Lipinski definition) is 2. The van der Waals surface area contributed by atoms with Crippen molar-refractivity contribution in [3.05, 3.63) is 11.1 Å². The zero-order valence-corrected chi connectivity index (χ0v) is 24.0. The van der Waals surface area contributed by atoms with Gasteiger partial charge in [-0.05, 0) is 99.7 Å². The number of hydrogen-bond acceptors (Lipinski definition) is 5. The maximum atomic E-state index is 13.1. The Morgan fingerprint density at radius 1 is 1.00 bits per heavy atom. The van der Waals surface area contributed by atoms with Crippen molar-refractivity contribution in [1.82, 2.24) is 0 Å². The van der Waals surface area contributed by atoms with Gasteiger partial charge < -0.3 is 14.9 Å². The summed E-state index contributed by atoms with van der Waals surface area (Å²) in [5.74, 6) is 0.556. The van der Waals surface area contributed by atoms with Crippen molar-refractivity contribution in [3.63, 3.8) is 0 Å².